The standard InChI is InChI=1S/C22H26FNO/c1-12(2)21-14(5)24-19-10-15(7-8-17(19)21)16-9-18(23)22(13(3)4)20(11-16)25-6/h7-13,24H,1-6H3. The Hall–Kier alpha value is -2.29. The molecule has 0 atom stereocenters. The topological polar surface area (TPSA) is 25.0 Å². The minimum absolute atomic E-state index is 0.0751. The van der Waals surface area contributed by atoms with Gasteiger partial charge in [-0.3, -0.25) is 0 Å². The van der Waals surface area contributed by atoms with Crippen molar-refractivity contribution in [3.8, 4) is 16.9 Å². The van der Waals surface area contributed by atoms with Crippen LogP contribution >= 0.6 is 0 Å². The van der Waals surface area contributed by atoms with E-state index in [2.05, 4.69) is 44.0 Å². The number of benzene rings is 2. The Morgan fingerprint density at radius 1 is 0.920 bits per heavy atom. The van der Waals surface area contributed by atoms with E-state index in [1.165, 1.54) is 16.6 Å². The molecule has 0 aliphatic rings. The Labute approximate surface area is 149 Å². The highest BCUT2D eigenvalue weighted by Crippen LogP contribution is 2.36. The Kier molecular flexibility index (Phi) is 4.59. The molecule has 3 heteroatoms. The summed E-state index contributed by atoms with van der Waals surface area (Å²) in [6.45, 7) is 10.5. The van der Waals surface area contributed by atoms with Gasteiger partial charge in [-0.2, -0.15) is 0 Å². The van der Waals surface area contributed by atoms with E-state index in [-0.39, 0.29) is 11.7 Å². The summed E-state index contributed by atoms with van der Waals surface area (Å²) in [6, 6.07) is 9.82. The van der Waals surface area contributed by atoms with Gasteiger partial charge in [0.05, 0.1) is 7.11 Å². The molecule has 0 saturated heterocycles. The van der Waals surface area contributed by atoms with E-state index in [0.717, 1.165) is 16.6 Å². The number of H-pyrrole nitrogens is 1. The summed E-state index contributed by atoms with van der Waals surface area (Å²) < 4.78 is 20.1. The molecule has 0 saturated carbocycles. The second-order valence-corrected chi connectivity index (χ2v) is 7.31. The average Bonchev–Trinajstić information content (AvgIpc) is 2.88. The normalized spacial score (nSPS) is 11.7. The van der Waals surface area contributed by atoms with Crippen molar-refractivity contribution in [2.75, 3.05) is 7.11 Å². The lowest BCUT2D eigenvalue weighted by molar-refractivity contribution is 0.402. The molecule has 2 aromatic carbocycles. The molecule has 0 spiro atoms. The van der Waals surface area contributed by atoms with Crippen LogP contribution in [0, 0.1) is 12.7 Å². The number of aromatic nitrogens is 1. The summed E-state index contributed by atoms with van der Waals surface area (Å²) in [4.78, 5) is 3.47. The fourth-order valence-corrected chi connectivity index (χ4v) is 3.77. The van der Waals surface area contributed by atoms with Crippen LogP contribution in [0.4, 0.5) is 4.39 Å². The Morgan fingerprint density at radius 2 is 1.60 bits per heavy atom. The molecule has 0 radical (unpaired) electrons. The van der Waals surface area contributed by atoms with Gasteiger partial charge >= 0.3 is 0 Å². The molecule has 0 fully saturated rings. The molecule has 1 N–H and O–H groups in total. The smallest absolute Gasteiger partial charge is 0.130 e. The third-order valence-corrected chi connectivity index (χ3v) is 4.84. The van der Waals surface area contributed by atoms with E-state index >= 15 is 0 Å². The summed E-state index contributed by atoms with van der Waals surface area (Å²) in [6.07, 6.45) is 0. The lowest BCUT2D eigenvalue weighted by Gasteiger charge is -2.15. The summed E-state index contributed by atoms with van der Waals surface area (Å²) >= 11 is 0. The number of aryl methyl sites for hydroxylation is 1. The Balaban J connectivity index is 2.15. The first kappa shape index (κ1) is 17.5. The van der Waals surface area contributed by atoms with Crippen LogP contribution in [0.25, 0.3) is 22.0 Å². The zero-order chi connectivity index (χ0) is 18.3. The van der Waals surface area contributed by atoms with E-state index in [1.807, 2.05) is 19.9 Å². The molecule has 132 valence electrons. The third kappa shape index (κ3) is 3.04. The van der Waals surface area contributed by atoms with Gasteiger partial charge in [0.25, 0.3) is 0 Å². The second kappa shape index (κ2) is 6.55. The van der Waals surface area contributed by atoms with Gasteiger partial charge in [-0.05, 0) is 53.6 Å². The lowest BCUT2D eigenvalue weighted by atomic mass is 9.95. The molecule has 0 aliphatic carbocycles. The molecule has 0 aliphatic heterocycles. The number of nitrogens with one attached hydrogen (secondary N) is 1. The maximum absolute atomic E-state index is 14.6. The zero-order valence-corrected chi connectivity index (χ0v) is 15.8. The number of hydrogen-bond donors (Lipinski definition) is 1. The maximum Gasteiger partial charge on any atom is 0.130 e. The van der Waals surface area contributed by atoms with Crippen molar-refractivity contribution in [3.05, 3.63) is 53.0 Å². The molecular formula is C22H26FNO. The minimum atomic E-state index is -0.213. The molecule has 0 unspecified atom stereocenters. The Bertz CT molecular complexity index is 921. The van der Waals surface area contributed by atoms with E-state index in [1.54, 1.807) is 13.2 Å². The highest BCUT2D eigenvalue weighted by molar-refractivity contribution is 5.89. The molecular weight excluding hydrogens is 313 g/mol. The number of fused-ring (bicyclic) bond motifs is 1. The largest absolute Gasteiger partial charge is 0.496 e. The van der Waals surface area contributed by atoms with E-state index < -0.39 is 0 Å². The highest BCUT2D eigenvalue weighted by Gasteiger charge is 2.17. The summed E-state index contributed by atoms with van der Waals surface area (Å²) in [5, 5.41) is 1.24. The van der Waals surface area contributed by atoms with Crippen LogP contribution in [-0.4, -0.2) is 12.1 Å². The van der Waals surface area contributed by atoms with Crippen LogP contribution in [0.15, 0.2) is 30.3 Å². The fraction of sp³-hybridized carbons (Fsp3) is 0.364. The van der Waals surface area contributed by atoms with Crippen LogP contribution in [0.3, 0.4) is 0 Å². The number of halogens is 1. The number of rotatable bonds is 4. The van der Waals surface area contributed by atoms with Crippen molar-refractivity contribution in [3.63, 3.8) is 0 Å². The van der Waals surface area contributed by atoms with Crippen LogP contribution < -0.4 is 4.74 Å². The highest BCUT2D eigenvalue weighted by atomic mass is 19.1. The van der Waals surface area contributed by atoms with Crippen molar-refractivity contribution in [2.45, 2.75) is 46.5 Å². The lowest BCUT2D eigenvalue weighted by Crippen LogP contribution is -1.99. The van der Waals surface area contributed by atoms with Crippen molar-refractivity contribution in [2.24, 2.45) is 0 Å². The predicted molar refractivity (Wildman–Crippen MR) is 103 cm³/mol. The summed E-state index contributed by atoms with van der Waals surface area (Å²) in [5.74, 6) is 0.930. The van der Waals surface area contributed by atoms with Gasteiger partial charge in [-0.1, -0.05) is 39.8 Å². The van der Waals surface area contributed by atoms with Gasteiger partial charge in [0, 0.05) is 22.2 Å². The first-order valence-electron chi connectivity index (χ1n) is 8.83. The van der Waals surface area contributed by atoms with Gasteiger partial charge in [-0.15, -0.1) is 0 Å². The van der Waals surface area contributed by atoms with Crippen molar-refractivity contribution in [1.29, 1.82) is 0 Å². The zero-order valence-electron chi connectivity index (χ0n) is 15.8. The van der Waals surface area contributed by atoms with E-state index in [0.29, 0.717) is 17.2 Å². The first-order chi connectivity index (χ1) is 11.8. The molecule has 25 heavy (non-hydrogen) atoms. The molecule has 0 bridgehead atoms. The second-order valence-electron chi connectivity index (χ2n) is 7.31. The summed E-state index contributed by atoms with van der Waals surface area (Å²) in [7, 11) is 1.59. The molecule has 3 aromatic rings. The van der Waals surface area contributed by atoms with E-state index in [4.69, 9.17) is 4.74 Å². The number of aromatic amines is 1. The van der Waals surface area contributed by atoms with E-state index in [9.17, 15) is 4.39 Å². The van der Waals surface area contributed by atoms with Gasteiger partial charge < -0.3 is 9.72 Å². The van der Waals surface area contributed by atoms with Crippen LogP contribution in [-0.2, 0) is 0 Å². The molecule has 0 amide bonds. The quantitative estimate of drug-likeness (QED) is 0.573. The monoisotopic (exact) mass is 339 g/mol. The van der Waals surface area contributed by atoms with Gasteiger partial charge in [-0.25, -0.2) is 4.39 Å². The van der Waals surface area contributed by atoms with Gasteiger partial charge in [0.15, 0.2) is 0 Å². The predicted octanol–water partition coefficient (Wildman–Crippen LogP) is 6.54. The minimum Gasteiger partial charge on any atom is -0.496 e. The molecule has 1 aromatic heterocycles. The Morgan fingerprint density at radius 3 is 2.20 bits per heavy atom. The number of ether oxygens (including phenoxy) is 1. The van der Waals surface area contributed by atoms with Gasteiger partial charge in [0.2, 0.25) is 0 Å². The fourth-order valence-electron chi connectivity index (χ4n) is 3.77. The average molecular weight is 339 g/mol. The molecule has 3 rings (SSSR count). The van der Waals surface area contributed by atoms with Crippen molar-refractivity contribution >= 4 is 10.9 Å². The third-order valence-electron chi connectivity index (χ3n) is 4.84. The number of methoxy groups -OCH3 is 1. The molecule has 2 nitrogen and oxygen atoms in total. The van der Waals surface area contributed by atoms with Crippen LogP contribution in [0.5, 0.6) is 5.75 Å². The van der Waals surface area contributed by atoms with Crippen molar-refractivity contribution < 1.29 is 9.13 Å². The number of hydrogen-bond acceptors (Lipinski definition) is 1. The van der Waals surface area contributed by atoms with Crippen LogP contribution in [0.2, 0.25) is 0 Å². The van der Waals surface area contributed by atoms with Crippen molar-refractivity contribution in [1.82, 2.24) is 4.98 Å². The maximum atomic E-state index is 14.6. The first-order valence-corrected chi connectivity index (χ1v) is 8.83. The molecule has 1 heterocycles. The van der Waals surface area contributed by atoms with Crippen LogP contribution in [0.1, 0.15) is 56.4 Å². The van der Waals surface area contributed by atoms with Gasteiger partial charge in [0.1, 0.15) is 11.6 Å². The summed E-state index contributed by atoms with van der Waals surface area (Å²) in [5.41, 5.74) is 6.08. The SMILES string of the molecule is COc1cc(-c2ccc3c(C(C)C)c(C)[nH]c3c2)cc(F)c1C(C)C.